The van der Waals surface area contributed by atoms with Crippen LogP contribution in [0, 0.1) is 5.92 Å². The molecule has 1 aromatic carbocycles. The molecule has 1 heterocycles. The van der Waals surface area contributed by atoms with Crippen molar-refractivity contribution in [1.82, 2.24) is 9.80 Å². The van der Waals surface area contributed by atoms with Crippen LogP contribution in [0.1, 0.15) is 37.0 Å². The molecule has 7 heteroatoms. The first-order valence-corrected chi connectivity index (χ1v) is 8.81. The molecule has 6 nitrogen and oxygen atoms in total. The number of hydrogen-bond donors (Lipinski definition) is 1. The Balaban J connectivity index is 2.08. The second-order valence-electron chi connectivity index (χ2n) is 6.62. The Kier molecular flexibility index (Phi) is 6.42. The minimum Gasteiger partial charge on any atom is -0.368 e. The maximum absolute atomic E-state index is 12.8. The average Bonchev–Trinajstić information content (AvgIpc) is 2.59. The lowest BCUT2D eigenvalue weighted by Crippen LogP contribution is -2.50. The minimum atomic E-state index is -0.535. The maximum atomic E-state index is 12.8. The normalized spacial score (nSPS) is 17.4. The Morgan fingerprint density at radius 2 is 1.92 bits per heavy atom. The van der Waals surface area contributed by atoms with Gasteiger partial charge in [0, 0.05) is 29.7 Å². The Morgan fingerprint density at radius 3 is 2.48 bits per heavy atom. The molecule has 1 atom stereocenters. The first-order chi connectivity index (χ1) is 11.8. The van der Waals surface area contributed by atoms with Crippen LogP contribution in [0.3, 0.4) is 0 Å². The first-order valence-electron chi connectivity index (χ1n) is 8.43. The van der Waals surface area contributed by atoms with Crippen LogP contribution >= 0.6 is 11.6 Å². The zero-order valence-corrected chi connectivity index (χ0v) is 15.3. The van der Waals surface area contributed by atoms with Crippen molar-refractivity contribution in [2.45, 2.75) is 32.7 Å². The number of carbonyl (C=O) groups is 3. The van der Waals surface area contributed by atoms with Crippen molar-refractivity contribution in [2.75, 3.05) is 19.6 Å². The molecule has 0 bridgehead atoms. The zero-order chi connectivity index (χ0) is 18.6. The smallest absolute Gasteiger partial charge is 0.253 e. The molecule has 1 fully saturated rings. The predicted molar refractivity (Wildman–Crippen MR) is 96.1 cm³/mol. The molecule has 1 aliphatic heterocycles. The number of nitrogens with zero attached hydrogens (tertiary/aromatic N) is 2. The van der Waals surface area contributed by atoms with Crippen LogP contribution in [-0.2, 0) is 9.59 Å². The molecule has 0 aliphatic carbocycles. The Bertz CT molecular complexity index is 645. The third kappa shape index (κ3) is 4.95. The lowest BCUT2D eigenvalue weighted by molar-refractivity contribution is -0.141. The summed E-state index contributed by atoms with van der Waals surface area (Å²) in [5, 5.41) is 0.572. The number of piperidine rings is 1. The van der Waals surface area contributed by atoms with Crippen LogP contribution in [0.25, 0.3) is 0 Å². The van der Waals surface area contributed by atoms with Gasteiger partial charge in [0.15, 0.2) is 0 Å². The van der Waals surface area contributed by atoms with Crippen molar-refractivity contribution in [1.29, 1.82) is 0 Å². The monoisotopic (exact) mass is 365 g/mol. The SMILES string of the molecule is CC(C)N(CC(N)=O)C(=O)C1CCCN(C(=O)c2ccc(Cl)cc2)C1. The van der Waals surface area contributed by atoms with Crippen LogP contribution in [0.4, 0.5) is 0 Å². The number of likely N-dealkylation sites (tertiary alicyclic amines) is 1. The standard InChI is InChI=1S/C18H24ClN3O3/c1-12(2)22(11-16(20)23)18(25)14-4-3-9-21(10-14)17(24)13-5-7-15(19)8-6-13/h5-8,12,14H,3-4,9-11H2,1-2H3,(H2,20,23). The van der Waals surface area contributed by atoms with E-state index in [1.165, 1.54) is 4.90 Å². The third-order valence-electron chi connectivity index (χ3n) is 4.38. The van der Waals surface area contributed by atoms with E-state index in [1.807, 2.05) is 13.8 Å². The van der Waals surface area contributed by atoms with Gasteiger partial charge in [-0.25, -0.2) is 0 Å². The van der Waals surface area contributed by atoms with Gasteiger partial charge < -0.3 is 15.5 Å². The average molecular weight is 366 g/mol. The fraction of sp³-hybridized carbons (Fsp3) is 0.500. The number of primary amides is 1. The van der Waals surface area contributed by atoms with Gasteiger partial charge in [0.25, 0.3) is 5.91 Å². The van der Waals surface area contributed by atoms with E-state index in [1.54, 1.807) is 29.2 Å². The van der Waals surface area contributed by atoms with E-state index < -0.39 is 5.91 Å². The van der Waals surface area contributed by atoms with Gasteiger partial charge in [-0.15, -0.1) is 0 Å². The fourth-order valence-corrected chi connectivity index (χ4v) is 3.18. The van der Waals surface area contributed by atoms with Gasteiger partial charge in [0.1, 0.15) is 0 Å². The van der Waals surface area contributed by atoms with E-state index in [9.17, 15) is 14.4 Å². The lowest BCUT2D eigenvalue weighted by Gasteiger charge is -2.36. The summed E-state index contributed by atoms with van der Waals surface area (Å²) in [4.78, 5) is 39.9. The summed E-state index contributed by atoms with van der Waals surface area (Å²) in [6.07, 6.45) is 1.45. The third-order valence-corrected chi connectivity index (χ3v) is 4.63. The Morgan fingerprint density at radius 1 is 1.28 bits per heavy atom. The van der Waals surface area contributed by atoms with Gasteiger partial charge in [-0.05, 0) is 51.0 Å². The van der Waals surface area contributed by atoms with Crippen molar-refractivity contribution in [3.05, 3.63) is 34.9 Å². The first kappa shape index (κ1) is 19.2. The van der Waals surface area contributed by atoms with Crippen LogP contribution in [-0.4, -0.2) is 53.2 Å². The molecule has 1 aliphatic rings. The minimum absolute atomic E-state index is 0.0991. The summed E-state index contributed by atoms with van der Waals surface area (Å²) in [7, 11) is 0. The van der Waals surface area contributed by atoms with Crippen LogP contribution in [0.5, 0.6) is 0 Å². The highest BCUT2D eigenvalue weighted by Gasteiger charge is 2.32. The van der Waals surface area contributed by atoms with Crippen LogP contribution in [0.15, 0.2) is 24.3 Å². The lowest BCUT2D eigenvalue weighted by atomic mass is 9.95. The predicted octanol–water partition coefficient (Wildman–Crippen LogP) is 1.91. The summed E-state index contributed by atoms with van der Waals surface area (Å²) < 4.78 is 0. The molecule has 0 radical (unpaired) electrons. The van der Waals surface area contributed by atoms with Gasteiger partial charge in [-0.2, -0.15) is 0 Å². The van der Waals surface area contributed by atoms with Crippen LogP contribution in [0.2, 0.25) is 5.02 Å². The van der Waals surface area contributed by atoms with Crippen molar-refractivity contribution >= 4 is 29.3 Å². The van der Waals surface area contributed by atoms with Gasteiger partial charge >= 0.3 is 0 Å². The summed E-state index contributed by atoms with van der Waals surface area (Å²) in [6.45, 7) is 4.56. The molecule has 3 amide bonds. The van der Waals surface area contributed by atoms with Gasteiger partial charge in [-0.1, -0.05) is 11.6 Å². The number of rotatable bonds is 5. The summed E-state index contributed by atoms with van der Waals surface area (Å²) in [5.74, 6) is -1.08. The number of nitrogens with two attached hydrogens (primary N) is 1. The van der Waals surface area contributed by atoms with Crippen molar-refractivity contribution in [3.8, 4) is 0 Å². The number of benzene rings is 1. The van der Waals surface area contributed by atoms with E-state index in [-0.39, 0.29) is 30.3 Å². The quantitative estimate of drug-likeness (QED) is 0.865. The molecule has 25 heavy (non-hydrogen) atoms. The summed E-state index contributed by atoms with van der Waals surface area (Å²) in [5.41, 5.74) is 5.81. The second kappa shape index (κ2) is 8.34. The molecule has 1 saturated heterocycles. The molecule has 2 rings (SSSR count). The highest BCUT2D eigenvalue weighted by molar-refractivity contribution is 6.30. The molecule has 2 N–H and O–H groups in total. The second-order valence-corrected chi connectivity index (χ2v) is 7.06. The van der Waals surface area contributed by atoms with E-state index >= 15 is 0 Å². The topological polar surface area (TPSA) is 83.7 Å². The molecule has 1 unspecified atom stereocenters. The summed E-state index contributed by atoms with van der Waals surface area (Å²) in [6, 6.07) is 6.60. The van der Waals surface area contributed by atoms with Crippen molar-refractivity contribution in [2.24, 2.45) is 11.7 Å². The molecule has 0 spiro atoms. The highest BCUT2D eigenvalue weighted by Crippen LogP contribution is 2.22. The van der Waals surface area contributed by atoms with Crippen LogP contribution < -0.4 is 5.73 Å². The van der Waals surface area contributed by atoms with E-state index in [4.69, 9.17) is 17.3 Å². The molecule has 136 valence electrons. The number of hydrogen-bond acceptors (Lipinski definition) is 3. The van der Waals surface area contributed by atoms with Crippen molar-refractivity contribution in [3.63, 3.8) is 0 Å². The van der Waals surface area contributed by atoms with Crippen molar-refractivity contribution < 1.29 is 14.4 Å². The Hall–Kier alpha value is -2.08. The van der Waals surface area contributed by atoms with E-state index in [2.05, 4.69) is 0 Å². The van der Waals surface area contributed by atoms with Gasteiger partial charge in [0.2, 0.25) is 11.8 Å². The number of amides is 3. The largest absolute Gasteiger partial charge is 0.368 e. The maximum Gasteiger partial charge on any atom is 0.253 e. The number of carbonyl (C=O) groups excluding carboxylic acids is 3. The molecule has 1 aromatic rings. The summed E-state index contributed by atoms with van der Waals surface area (Å²) >= 11 is 5.86. The molecular weight excluding hydrogens is 342 g/mol. The molecule has 0 saturated carbocycles. The highest BCUT2D eigenvalue weighted by atomic mass is 35.5. The zero-order valence-electron chi connectivity index (χ0n) is 14.6. The van der Waals surface area contributed by atoms with E-state index in [0.29, 0.717) is 30.1 Å². The molecular formula is C18H24ClN3O3. The van der Waals surface area contributed by atoms with E-state index in [0.717, 1.165) is 6.42 Å². The fourth-order valence-electron chi connectivity index (χ4n) is 3.06. The Labute approximate surface area is 152 Å². The van der Waals surface area contributed by atoms with Gasteiger partial charge in [-0.3, -0.25) is 14.4 Å². The molecule has 0 aromatic heterocycles. The van der Waals surface area contributed by atoms with Gasteiger partial charge in [0.05, 0.1) is 12.5 Å². The number of halogens is 1.